The highest BCUT2D eigenvalue weighted by atomic mass is 32.2. The molecule has 1 saturated heterocycles. The van der Waals surface area contributed by atoms with E-state index in [1.807, 2.05) is 36.4 Å². The minimum Gasteiger partial charge on any atom is -0.493 e. The molecule has 2 heterocycles. The summed E-state index contributed by atoms with van der Waals surface area (Å²) >= 11 is 0. The SMILES string of the molecule is COc1ccc(S(=O)(=O)N2CCC3(CC2)CC(=O)c2ccc4ccccc4c2O3)cc1OC. The van der Waals surface area contributed by atoms with Crippen molar-refractivity contribution >= 4 is 26.6 Å². The van der Waals surface area contributed by atoms with Gasteiger partial charge in [-0.2, -0.15) is 4.31 Å². The number of methoxy groups -OCH3 is 2. The third-order valence-electron chi connectivity index (χ3n) is 6.61. The summed E-state index contributed by atoms with van der Waals surface area (Å²) in [4.78, 5) is 13.1. The van der Waals surface area contributed by atoms with E-state index in [2.05, 4.69) is 0 Å². The number of carbonyl (C=O) groups is 1. The molecule has 172 valence electrons. The summed E-state index contributed by atoms with van der Waals surface area (Å²) in [6.07, 6.45) is 1.13. The number of nitrogens with zero attached hydrogens (tertiary/aromatic N) is 1. The van der Waals surface area contributed by atoms with Gasteiger partial charge in [-0.25, -0.2) is 8.42 Å². The first-order valence-corrected chi connectivity index (χ1v) is 12.3. The Morgan fingerprint density at radius 1 is 0.939 bits per heavy atom. The van der Waals surface area contributed by atoms with Crippen molar-refractivity contribution in [1.82, 2.24) is 4.31 Å². The number of ketones is 1. The van der Waals surface area contributed by atoms with Gasteiger partial charge in [0, 0.05) is 37.4 Å². The van der Waals surface area contributed by atoms with Gasteiger partial charge in [-0.3, -0.25) is 4.79 Å². The van der Waals surface area contributed by atoms with Crippen LogP contribution in [0, 0.1) is 0 Å². The summed E-state index contributed by atoms with van der Waals surface area (Å²) in [5.74, 6) is 1.48. The zero-order valence-corrected chi connectivity index (χ0v) is 19.4. The van der Waals surface area contributed by atoms with Crippen LogP contribution < -0.4 is 14.2 Å². The Balaban J connectivity index is 1.40. The van der Waals surface area contributed by atoms with Gasteiger partial charge in [-0.05, 0) is 23.6 Å². The lowest BCUT2D eigenvalue weighted by Gasteiger charge is -2.43. The van der Waals surface area contributed by atoms with Crippen molar-refractivity contribution in [2.45, 2.75) is 29.8 Å². The van der Waals surface area contributed by atoms with E-state index in [1.165, 1.54) is 30.7 Å². The van der Waals surface area contributed by atoms with E-state index in [1.54, 1.807) is 6.07 Å². The molecule has 2 aliphatic heterocycles. The number of benzene rings is 3. The number of sulfonamides is 1. The van der Waals surface area contributed by atoms with Crippen molar-refractivity contribution in [1.29, 1.82) is 0 Å². The van der Waals surface area contributed by atoms with E-state index in [9.17, 15) is 13.2 Å². The van der Waals surface area contributed by atoms with E-state index >= 15 is 0 Å². The van der Waals surface area contributed by atoms with Crippen LogP contribution in [-0.4, -0.2) is 51.4 Å². The molecule has 0 radical (unpaired) electrons. The van der Waals surface area contributed by atoms with Crippen molar-refractivity contribution in [2.24, 2.45) is 0 Å². The molecule has 0 amide bonds. The van der Waals surface area contributed by atoms with Gasteiger partial charge in [0.1, 0.15) is 11.4 Å². The maximum Gasteiger partial charge on any atom is 0.243 e. The van der Waals surface area contributed by atoms with Crippen LogP contribution in [0.25, 0.3) is 10.8 Å². The Bertz CT molecular complexity index is 1340. The standard InChI is InChI=1S/C25H25NO6S/c1-30-22-10-8-18(15-23(22)31-2)33(28,29)26-13-11-25(12-14-26)16-21(27)20-9-7-17-5-3-4-6-19(17)24(20)32-25/h3-10,15H,11-14,16H2,1-2H3. The molecule has 0 atom stereocenters. The molecule has 0 bridgehead atoms. The van der Waals surface area contributed by atoms with E-state index < -0.39 is 15.6 Å². The fourth-order valence-corrected chi connectivity index (χ4v) is 6.21. The number of ether oxygens (including phenoxy) is 3. The highest BCUT2D eigenvalue weighted by Gasteiger charge is 2.45. The molecule has 0 N–H and O–H groups in total. The van der Waals surface area contributed by atoms with Gasteiger partial charge in [0.2, 0.25) is 10.0 Å². The summed E-state index contributed by atoms with van der Waals surface area (Å²) in [7, 11) is -0.753. The maximum absolute atomic E-state index is 13.3. The number of fused-ring (bicyclic) bond motifs is 3. The van der Waals surface area contributed by atoms with Gasteiger partial charge in [-0.1, -0.05) is 30.3 Å². The lowest BCUT2D eigenvalue weighted by molar-refractivity contribution is 0.00714. The molecule has 5 rings (SSSR count). The third-order valence-corrected chi connectivity index (χ3v) is 8.50. The second kappa shape index (κ2) is 8.04. The smallest absolute Gasteiger partial charge is 0.243 e. The average Bonchev–Trinajstić information content (AvgIpc) is 2.83. The van der Waals surface area contributed by atoms with Gasteiger partial charge >= 0.3 is 0 Å². The van der Waals surface area contributed by atoms with Crippen molar-refractivity contribution < 1.29 is 27.4 Å². The molecule has 0 unspecified atom stereocenters. The Labute approximate surface area is 192 Å². The van der Waals surface area contributed by atoms with Gasteiger partial charge in [0.25, 0.3) is 0 Å². The third kappa shape index (κ3) is 3.63. The highest BCUT2D eigenvalue weighted by molar-refractivity contribution is 7.89. The monoisotopic (exact) mass is 467 g/mol. The molecule has 1 fully saturated rings. The van der Waals surface area contributed by atoms with Crippen molar-refractivity contribution in [3.8, 4) is 17.2 Å². The largest absolute Gasteiger partial charge is 0.493 e. The second-order valence-corrected chi connectivity index (χ2v) is 10.4. The van der Waals surface area contributed by atoms with E-state index in [4.69, 9.17) is 14.2 Å². The molecular weight excluding hydrogens is 442 g/mol. The summed E-state index contributed by atoms with van der Waals surface area (Å²) in [6.45, 7) is 0.536. The minimum absolute atomic E-state index is 0.0400. The molecule has 8 heteroatoms. The van der Waals surface area contributed by atoms with Crippen LogP contribution in [-0.2, 0) is 10.0 Å². The lowest BCUT2D eigenvalue weighted by atomic mass is 9.82. The Kier molecular flexibility index (Phi) is 5.29. The van der Waals surface area contributed by atoms with Crippen LogP contribution in [0.1, 0.15) is 29.6 Å². The zero-order chi connectivity index (χ0) is 23.2. The number of piperidine rings is 1. The first-order chi connectivity index (χ1) is 15.9. The van der Waals surface area contributed by atoms with Crippen LogP contribution in [0.4, 0.5) is 0 Å². The average molecular weight is 468 g/mol. The molecule has 0 aromatic heterocycles. The van der Waals surface area contributed by atoms with E-state index in [0.29, 0.717) is 35.7 Å². The fraction of sp³-hybridized carbons (Fsp3) is 0.320. The van der Waals surface area contributed by atoms with Crippen LogP contribution in [0.5, 0.6) is 17.2 Å². The molecule has 33 heavy (non-hydrogen) atoms. The van der Waals surface area contributed by atoms with E-state index in [-0.39, 0.29) is 30.2 Å². The van der Waals surface area contributed by atoms with Gasteiger partial charge < -0.3 is 14.2 Å². The summed E-state index contributed by atoms with van der Waals surface area (Å²) in [5, 5.41) is 1.91. The maximum atomic E-state index is 13.3. The number of hydrogen-bond donors (Lipinski definition) is 0. The van der Waals surface area contributed by atoms with Gasteiger partial charge in [0.05, 0.1) is 31.1 Å². The molecule has 7 nitrogen and oxygen atoms in total. The fourth-order valence-electron chi connectivity index (χ4n) is 4.75. The Morgan fingerprint density at radius 3 is 2.39 bits per heavy atom. The number of Topliss-reactive ketones (excluding diaryl/α,β-unsaturated/α-hetero) is 1. The lowest BCUT2D eigenvalue weighted by Crippen LogP contribution is -2.52. The van der Waals surface area contributed by atoms with Crippen molar-refractivity contribution in [3.05, 3.63) is 60.2 Å². The van der Waals surface area contributed by atoms with E-state index in [0.717, 1.165) is 10.8 Å². The Hall–Kier alpha value is -3.10. The molecule has 0 aliphatic carbocycles. The molecule has 3 aromatic rings. The normalized spacial score (nSPS) is 18.1. The Morgan fingerprint density at radius 2 is 1.67 bits per heavy atom. The number of hydrogen-bond acceptors (Lipinski definition) is 6. The summed E-state index contributed by atoms with van der Waals surface area (Å²) in [6, 6.07) is 16.2. The second-order valence-electron chi connectivity index (χ2n) is 8.47. The van der Waals surface area contributed by atoms with Crippen molar-refractivity contribution in [2.75, 3.05) is 27.3 Å². The van der Waals surface area contributed by atoms with Crippen molar-refractivity contribution in [3.63, 3.8) is 0 Å². The molecular formula is C25H25NO6S. The summed E-state index contributed by atoms with van der Waals surface area (Å²) in [5.41, 5.74) is -0.0997. The summed E-state index contributed by atoms with van der Waals surface area (Å²) < 4.78 is 45.0. The predicted molar refractivity (Wildman–Crippen MR) is 124 cm³/mol. The van der Waals surface area contributed by atoms with Crippen LogP contribution in [0.3, 0.4) is 0 Å². The van der Waals surface area contributed by atoms with Gasteiger partial charge in [-0.15, -0.1) is 0 Å². The highest BCUT2D eigenvalue weighted by Crippen LogP contribution is 2.43. The topological polar surface area (TPSA) is 82.1 Å². The number of carbonyl (C=O) groups excluding carboxylic acids is 1. The minimum atomic E-state index is -3.73. The first kappa shape index (κ1) is 21.7. The molecule has 1 spiro atoms. The quantitative estimate of drug-likeness (QED) is 0.576. The molecule has 2 aliphatic rings. The molecule has 3 aromatic carbocycles. The van der Waals surface area contributed by atoms with Crippen LogP contribution >= 0.6 is 0 Å². The first-order valence-electron chi connectivity index (χ1n) is 10.8. The van der Waals surface area contributed by atoms with Crippen LogP contribution in [0.2, 0.25) is 0 Å². The van der Waals surface area contributed by atoms with Gasteiger partial charge in [0.15, 0.2) is 17.3 Å². The number of rotatable bonds is 4. The van der Waals surface area contributed by atoms with Crippen LogP contribution in [0.15, 0.2) is 59.5 Å². The predicted octanol–water partition coefficient (Wildman–Crippen LogP) is 4.05. The molecule has 0 saturated carbocycles. The zero-order valence-electron chi connectivity index (χ0n) is 18.5.